The zero-order valence-electron chi connectivity index (χ0n) is 12.1. The first-order chi connectivity index (χ1) is 10.1. The molecule has 0 saturated heterocycles. The van der Waals surface area contributed by atoms with Gasteiger partial charge in [0.15, 0.2) is 0 Å². The summed E-state index contributed by atoms with van der Waals surface area (Å²) in [5, 5.41) is 3.10. The SMILES string of the molecule is Cc1nc(CC[S@](=O)Cc2cn3c(C)cccc3n2)cs1. The fourth-order valence-corrected chi connectivity index (χ4v) is 3.94. The van der Waals surface area contributed by atoms with Crippen molar-refractivity contribution in [3.05, 3.63) is 51.9 Å². The number of hydrogen-bond acceptors (Lipinski definition) is 4. The number of rotatable bonds is 5. The van der Waals surface area contributed by atoms with E-state index in [1.54, 1.807) is 11.3 Å². The smallest absolute Gasteiger partial charge is 0.137 e. The lowest BCUT2D eigenvalue weighted by Gasteiger charge is -1.98. The summed E-state index contributed by atoms with van der Waals surface area (Å²) in [5.74, 6) is 1.14. The number of nitrogens with zero attached hydrogens (tertiary/aromatic N) is 3. The van der Waals surface area contributed by atoms with E-state index in [0.717, 1.165) is 34.2 Å². The third kappa shape index (κ3) is 3.39. The molecule has 0 fully saturated rings. The predicted octanol–water partition coefficient (Wildman–Crippen LogP) is 2.90. The highest BCUT2D eigenvalue weighted by molar-refractivity contribution is 7.84. The number of hydrogen-bond donors (Lipinski definition) is 0. The normalized spacial score (nSPS) is 12.9. The molecule has 0 unspecified atom stereocenters. The van der Waals surface area contributed by atoms with Crippen LogP contribution < -0.4 is 0 Å². The Morgan fingerprint density at radius 2 is 2.10 bits per heavy atom. The molecule has 3 heterocycles. The third-order valence-corrected chi connectivity index (χ3v) is 5.41. The second kappa shape index (κ2) is 6.07. The largest absolute Gasteiger partial charge is 0.304 e. The highest BCUT2D eigenvalue weighted by atomic mass is 32.2. The average molecular weight is 319 g/mol. The molecule has 0 spiro atoms. The summed E-state index contributed by atoms with van der Waals surface area (Å²) in [6.07, 6.45) is 2.75. The Kier molecular flexibility index (Phi) is 4.17. The van der Waals surface area contributed by atoms with Gasteiger partial charge in [-0.2, -0.15) is 0 Å². The fourth-order valence-electron chi connectivity index (χ4n) is 2.25. The zero-order chi connectivity index (χ0) is 14.8. The van der Waals surface area contributed by atoms with Crippen LogP contribution in [0.25, 0.3) is 5.65 Å². The van der Waals surface area contributed by atoms with E-state index in [2.05, 4.69) is 9.97 Å². The first-order valence-electron chi connectivity index (χ1n) is 6.81. The van der Waals surface area contributed by atoms with Crippen LogP contribution in [0.3, 0.4) is 0 Å². The van der Waals surface area contributed by atoms with Crippen LogP contribution in [0.5, 0.6) is 0 Å². The van der Waals surface area contributed by atoms with Gasteiger partial charge < -0.3 is 4.40 Å². The van der Waals surface area contributed by atoms with Gasteiger partial charge in [0, 0.05) is 40.2 Å². The Bertz CT molecular complexity index is 791. The predicted molar refractivity (Wildman–Crippen MR) is 87.2 cm³/mol. The van der Waals surface area contributed by atoms with Crippen LogP contribution in [0, 0.1) is 13.8 Å². The van der Waals surface area contributed by atoms with Crippen LogP contribution in [0.15, 0.2) is 29.8 Å². The molecule has 0 amide bonds. The van der Waals surface area contributed by atoms with Gasteiger partial charge in [-0.25, -0.2) is 9.97 Å². The quantitative estimate of drug-likeness (QED) is 0.726. The van der Waals surface area contributed by atoms with Crippen LogP contribution in [-0.2, 0) is 23.0 Å². The Morgan fingerprint density at radius 3 is 2.81 bits per heavy atom. The van der Waals surface area contributed by atoms with E-state index in [1.807, 2.05) is 48.0 Å². The molecule has 0 bridgehead atoms. The molecule has 1 atom stereocenters. The molecule has 3 aromatic heterocycles. The molecule has 3 aromatic rings. The van der Waals surface area contributed by atoms with Gasteiger partial charge in [0.2, 0.25) is 0 Å². The van der Waals surface area contributed by atoms with E-state index in [4.69, 9.17) is 0 Å². The van der Waals surface area contributed by atoms with Crippen molar-refractivity contribution in [3.63, 3.8) is 0 Å². The molecule has 0 N–H and O–H groups in total. The van der Waals surface area contributed by atoms with Gasteiger partial charge in [0.1, 0.15) is 5.65 Å². The maximum Gasteiger partial charge on any atom is 0.137 e. The monoisotopic (exact) mass is 319 g/mol. The fraction of sp³-hybridized carbons (Fsp3) is 0.333. The van der Waals surface area contributed by atoms with E-state index in [1.165, 1.54) is 0 Å². The van der Waals surface area contributed by atoms with E-state index in [0.29, 0.717) is 11.5 Å². The van der Waals surface area contributed by atoms with E-state index < -0.39 is 10.8 Å². The minimum Gasteiger partial charge on any atom is -0.304 e. The minimum atomic E-state index is -0.907. The molecule has 4 nitrogen and oxygen atoms in total. The first-order valence-corrected chi connectivity index (χ1v) is 9.18. The summed E-state index contributed by atoms with van der Waals surface area (Å²) in [4.78, 5) is 8.93. The summed E-state index contributed by atoms with van der Waals surface area (Å²) in [6.45, 7) is 4.03. The number of imidazole rings is 1. The number of aromatic nitrogens is 3. The summed E-state index contributed by atoms with van der Waals surface area (Å²) < 4.78 is 14.2. The summed E-state index contributed by atoms with van der Waals surface area (Å²) >= 11 is 1.64. The van der Waals surface area contributed by atoms with Gasteiger partial charge in [0.25, 0.3) is 0 Å². The van der Waals surface area contributed by atoms with E-state index >= 15 is 0 Å². The molecule has 0 saturated carbocycles. The van der Waals surface area contributed by atoms with Crippen LogP contribution in [-0.4, -0.2) is 24.3 Å². The van der Waals surface area contributed by atoms with Crippen LogP contribution >= 0.6 is 11.3 Å². The molecular weight excluding hydrogens is 302 g/mol. The molecule has 0 radical (unpaired) electrons. The lowest BCUT2D eigenvalue weighted by Crippen LogP contribution is -2.04. The van der Waals surface area contributed by atoms with E-state index in [-0.39, 0.29) is 0 Å². The van der Waals surface area contributed by atoms with Gasteiger partial charge in [-0.3, -0.25) is 4.21 Å². The molecule has 6 heteroatoms. The van der Waals surface area contributed by atoms with Crippen molar-refractivity contribution < 1.29 is 4.21 Å². The molecule has 0 aromatic carbocycles. The Morgan fingerprint density at radius 1 is 1.24 bits per heavy atom. The molecule has 21 heavy (non-hydrogen) atoms. The number of pyridine rings is 1. The standard InChI is InChI=1S/C15H17N3OS2/c1-11-4-3-5-15-17-14(8-18(11)15)10-21(19)7-6-13-9-20-12(2)16-13/h3-5,8-9H,6-7,10H2,1-2H3/t21-/m0/s1. The van der Waals surface area contributed by atoms with Crippen molar-refractivity contribution in [2.45, 2.75) is 26.0 Å². The van der Waals surface area contributed by atoms with Crippen LogP contribution in [0.1, 0.15) is 22.1 Å². The summed E-state index contributed by atoms with van der Waals surface area (Å²) in [5.41, 5.74) is 3.97. The van der Waals surface area contributed by atoms with Gasteiger partial charge in [-0.05, 0) is 26.0 Å². The van der Waals surface area contributed by atoms with Crippen molar-refractivity contribution >= 4 is 27.8 Å². The van der Waals surface area contributed by atoms with Gasteiger partial charge >= 0.3 is 0 Å². The Hall–Kier alpha value is -1.53. The van der Waals surface area contributed by atoms with Crippen LogP contribution in [0.2, 0.25) is 0 Å². The van der Waals surface area contributed by atoms with Crippen molar-refractivity contribution in [2.75, 3.05) is 5.75 Å². The third-order valence-electron chi connectivity index (χ3n) is 3.31. The second-order valence-corrected chi connectivity index (χ2v) is 7.66. The van der Waals surface area contributed by atoms with Gasteiger partial charge in [0.05, 0.1) is 22.1 Å². The Balaban J connectivity index is 1.64. The Labute approximate surface area is 130 Å². The molecule has 0 aliphatic carbocycles. The number of fused-ring (bicyclic) bond motifs is 1. The lowest BCUT2D eigenvalue weighted by atomic mass is 10.4. The van der Waals surface area contributed by atoms with Gasteiger partial charge in [-0.1, -0.05) is 6.07 Å². The molecule has 0 aliphatic heterocycles. The first kappa shape index (κ1) is 14.4. The number of aryl methyl sites for hydroxylation is 3. The zero-order valence-corrected chi connectivity index (χ0v) is 13.7. The average Bonchev–Trinajstić information content (AvgIpc) is 3.03. The topological polar surface area (TPSA) is 47.3 Å². The van der Waals surface area contributed by atoms with Crippen molar-refractivity contribution in [3.8, 4) is 0 Å². The van der Waals surface area contributed by atoms with Gasteiger partial charge in [-0.15, -0.1) is 11.3 Å². The second-order valence-electron chi connectivity index (χ2n) is 5.02. The molecule has 3 rings (SSSR count). The molecule has 0 aliphatic rings. The molecular formula is C15H17N3OS2. The summed E-state index contributed by atoms with van der Waals surface area (Å²) in [7, 11) is -0.907. The highest BCUT2D eigenvalue weighted by Crippen LogP contribution is 2.12. The van der Waals surface area contributed by atoms with Crippen molar-refractivity contribution in [1.82, 2.24) is 14.4 Å². The molecule has 110 valence electrons. The van der Waals surface area contributed by atoms with Crippen molar-refractivity contribution in [2.24, 2.45) is 0 Å². The maximum absolute atomic E-state index is 12.2. The minimum absolute atomic E-state index is 0.504. The van der Waals surface area contributed by atoms with Crippen LogP contribution in [0.4, 0.5) is 0 Å². The summed E-state index contributed by atoms with van der Waals surface area (Å²) in [6, 6.07) is 6.00. The lowest BCUT2D eigenvalue weighted by molar-refractivity contribution is 0.681. The number of thiazole rings is 1. The van der Waals surface area contributed by atoms with E-state index in [9.17, 15) is 4.21 Å². The highest BCUT2D eigenvalue weighted by Gasteiger charge is 2.08. The van der Waals surface area contributed by atoms with Crippen molar-refractivity contribution in [1.29, 1.82) is 0 Å². The maximum atomic E-state index is 12.2.